The van der Waals surface area contributed by atoms with Crippen LogP contribution in [0.1, 0.15) is 12.5 Å². The molecule has 10 atom stereocenters. The third-order valence-corrected chi connectivity index (χ3v) is 9.75. The molecule has 4 unspecified atom stereocenters. The number of hydrogen-bond acceptors (Lipinski definition) is 14. The number of fused-ring (bicyclic) bond motifs is 3. The Kier molecular flexibility index (Phi) is 7.91. The van der Waals surface area contributed by atoms with Gasteiger partial charge in [0, 0.05) is 12.3 Å². The van der Waals surface area contributed by atoms with E-state index in [1.165, 1.54) is 10.9 Å². The van der Waals surface area contributed by atoms with Crippen molar-refractivity contribution in [3.63, 3.8) is 0 Å². The lowest BCUT2D eigenvalue weighted by Crippen LogP contribution is -2.38. The molecule has 17 nitrogen and oxygen atoms in total. The topological polar surface area (TPSA) is 220 Å². The van der Waals surface area contributed by atoms with Gasteiger partial charge in [0.2, 0.25) is 0 Å². The van der Waals surface area contributed by atoms with Gasteiger partial charge in [-0.3, -0.25) is 28.0 Å². The number of imidazole rings is 1. The van der Waals surface area contributed by atoms with Gasteiger partial charge in [-0.25, -0.2) is 28.5 Å². The third kappa shape index (κ3) is 5.60. The molecule has 6 rings (SSSR count). The second-order valence-electron chi connectivity index (χ2n) is 9.29. The number of aromatic amines is 1. The van der Waals surface area contributed by atoms with Crippen LogP contribution < -0.4 is 17.0 Å². The summed E-state index contributed by atoms with van der Waals surface area (Å²) in [5.74, 6) is 0.0437. The summed E-state index contributed by atoms with van der Waals surface area (Å²) in [5, 5.41) is 0. The molecule has 3 aromatic heterocycles. The van der Waals surface area contributed by atoms with E-state index < -0.39 is 87.1 Å². The molecule has 3 saturated heterocycles. The van der Waals surface area contributed by atoms with Crippen LogP contribution in [0, 0.1) is 0 Å². The average Bonchev–Trinajstić information content (AvgIpc) is 3.57. The van der Waals surface area contributed by atoms with Crippen molar-refractivity contribution in [2.45, 2.75) is 49.2 Å². The van der Waals surface area contributed by atoms with Gasteiger partial charge in [-0.1, -0.05) is 0 Å². The van der Waals surface area contributed by atoms with E-state index in [0.29, 0.717) is 0 Å². The summed E-state index contributed by atoms with van der Waals surface area (Å²) in [7, 11) is 0. The van der Waals surface area contributed by atoms with Crippen LogP contribution in [0.15, 0.2) is 34.5 Å². The lowest BCUT2D eigenvalue weighted by molar-refractivity contribution is -0.0596. The minimum Gasteiger partial charge on any atom is -0.382 e. The summed E-state index contributed by atoms with van der Waals surface area (Å²) in [4.78, 5) is 59.2. The Morgan fingerprint density at radius 2 is 1.52 bits per heavy atom. The highest BCUT2D eigenvalue weighted by atomic mass is 32.5. The monoisotopic (exact) mass is 671 g/mol. The van der Waals surface area contributed by atoms with Crippen molar-refractivity contribution >= 4 is 54.0 Å². The highest BCUT2D eigenvalue weighted by molar-refractivity contribution is 8.07. The Morgan fingerprint density at radius 1 is 0.952 bits per heavy atom. The molecular weight excluding hydrogens is 650 g/mol. The Balaban J connectivity index is 1.28. The van der Waals surface area contributed by atoms with Crippen molar-refractivity contribution < 1.29 is 46.1 Å². The van der Waals surface area contributed by atoms with E-state index in [9.17, 15) is 19.4 Å². The SMILES string of the molecule is Nc1ncnc2c1ncn2[C@@H]1O[C@@H]2COP(O)(=S)OC3[C@@H](COP(O)(=S)OC2[C@@H]1F)O[C@@H](n1ccc(=O)[nH]c1=O)[C@H]3F. The van der Waals surface area contributed by atoms with Crippen LogP contribution in [0.4, 0.5) is 14.6 Å². The number of alkyl halides is 2. The van der Waals surface area contributed by atoms with Crippen LogP contribution >= 0.6 is 13.4 Å². The first-order valence-electron chi connectivity index (χ1n) is 12.0. The molecule has 23 heteroatoms. The van der Waals surface area contributed by atoms with Crippen molar-refractivity contribution in [2.75, 3.05) is 18.9 Å². The number of nitrogen functional groups attached to an aromatic ring is 1. The second-order valence-corrected chi connectivity index (χ2v) is 14.9. The summed E-state index contributed by atoms with van der Waals surface area (Å²) in [6.07, 6.45) is -9.98. The van der Waals surface area contributed by atoms with Gasteiger partial charge in [0.15, 0.2) is 36.3 Å². The largest absolute Gasteiger partial charge is 0.382 e. The number of H-pyrrole nitrogens is 1. The van der Waals surface area contributed by atoms with E-state index in [1.54, 1.807) is 0 Å². The third-order valence-electron chi connectivity index (χ3n) is 6.63. The fourth-order valence-corrected chi connectivity index (χ4v) is 7.62. The lowest BCUT2D eigenvalue weighted by Gasteiger charge is -2.29. The van der Waals surface area contributed by atoms with Crippen LogP contribution in [0.3, 0.4) is 0 Å². The molecule has 0 radical (unpaired) electrons. The summed E-state index contributed by atoms with van der Waals surface area (Å²) < 4.78 is 66.5. The van der Waals surface area contributed by atoms with Gasteiger partial charge in [-0.15, -0.1) is 0 Å². The number of rotatable bonds is 2. The number of nitrogens with two attached hydrogens (primary N) is 1. The van der Waals surface area contributed by atoms with Crippen LogP contribution in [0.25, 0.3) is 11.2 Å². The average molecular weight is 671 g/mol. The summed E-state index contributed by atoms with van der Waals surface area (Å²) in [5.41, 5.74) is 4.41. The van der Waals surface area contributed by atoms with Crippen molar-refractivity contribution in [1.29, 1.82) is 0 Å². The normalized spacial score (nSPS) is 39.3. The lowest BCUT2D eigenvalue weighted by atomic mass is 10.1. The van der Waals surface area contributed by atoms with Gasteiger partial charge in [-0.2, -0.15) is 0 Å². The minimum atomic E-state index is -4.29. The minimum absolute atomic E-state index is 0.0437. The molecule has 5 N–H and O–H groups in total. The smallest absolute Gasteiger partial charge is 0.330 e. The predicted molar refractivity (Wildman–Crippen MR) is 143 cm³/mol. The molecular formula is C19H21F2N7O10P2S2. The second kappa shape index (κ2) is 11.1. The number of anilines is 1. The van der Waals surface area contributed by atoms with Gasteiger partial charge in [-0.05, 0) is 23.6 Å². The maximum absolute atomic E-state index is 15.9. The maximum Gasteiger partial charge on any atom is 0.330 e. The number of halogens is 2. The summed E-state index contributed by atoms with van der Waals surface area (Å²) >= 11 is 10.1. The van der Waals surface area contributed by atoms with E-state index >= 15 is 8.78 Å². The van der Waals surface area contributed by atoms with Gasteiger partial charge in [0.25, 0.3) is 5.56 Å². The number of nitrogens with zero attached hydrogens (tertiary/aromatic N) is 5. The Hall–Kier alpha value is -2.13. The molecule has 3 fully saturated rings. The number of hydrogen-bond donors (Lipinski definition) is 4. The zero-order valence-electron chi connectivity index (χ0n) is 20.8. The highest BCUT2D eigenvalue weighted by Crippen LogP contribution is 2.54. The van der Waals surface area contributed by atoms with Crippen molar-refractivity contribution in [1.82, 2.24) is 29.1 Å². The molecule has 3 aliphatic rings. The Morgan fingerprint density at radius 3 is 2.10 bits per heavy atom. The first-order chi connectivity index (χ1) is 19.8. The summed E-state index contributed by atoms with van der Waals surface area (Å²) in [6, 6.07) is 0.967. The van der Waals surface area contributed by atoms with Crippen molar-refractivity contribution in [3.8, 4) is 0 Å². The van der Waals surface area contributed by atoms with E-state index in [1.807, 2.05) is 4.98 Å². The summed E-state index contributed by atoms with van der Waals surface area (Å²) in [6.45, 7) is -9.91. The molecule has 6 heterocycles. The van der Waals surface area contributed by atoms with E-state index in [0.717, 1.165) is 23.2 Å². The van der Waals surface area contributed by atoms with Gasteiger partial charge in [0.05, 0.1) is 19.5 Å². The number of nitrogens with one attached hydrogen (secondary N) is 1. The van der Waals surface area contributed by atoms with Crippen molar-refractivity contribution in [3.05, 3.63) is 45.8 Å². The zero-order valence-corrected chi connectivity index (χ0v) is 24.2. The van der Waals surface area contributed by atoms with Crippen LogP contribution in [0.5, 0.6) is 0 Å². The molecule has 3 aromatic rings. The molecule has 0 saturated carbocycles. The Bertz CT molecular complexity index is 1730. The molecule has 3 aliphatic heterocycles. The molecule has 0 spiro atoms. The van der Waals surface area contributed by atoms with Crippen molar-refractivity contribution in [2.24, 2.45) is 0 Å². The predicted octanol–water partition coefficient (Wildman–Crippen LogP) is -0.320. The molecule has 0 aliphatic carbocycles. The van der Waals surface area contributed by atoms with Gasteiger partial charge in [0.1, 0.15) is 36.3 Å². The van der Waals surface area contributed by atoms with E-state index in [2.05, 4.69) is 15.0 Å². The van der Waals surface area contributed by atoms with E-state index in [4.69, 9.17) is 56.9 Å². The van der Waals surface area contributed by atoms with Gasteiger partial charge < -0.3 is 34.0 Å². The molecule has 42 heavy (non-hydrogen) atoms. The fourth-order valence-electron chi connectivity index (χ4n) is 4.74. The van der Waals surface area contributed by atoms with Crippen LogP contribution in [-0.2, 0) is 51.2 Å². The molecule has 0 amide bonds. The quantitative estimate of drug-likeness (QED) is 0.257. The molecule has 0 aromatic carbocycles. The number of ether oxygens (including phenoxy) is 2. The van der Waals surface area contributed by atoms with Gasteiger partial charge >= 0.3 is 19.1 Å². The van der Waals surface area contributed by atoms with Crippen LogP contribution in [-0.4, -0.2) is 88.8 Å². The molecule has 228 valence electrons. The first kappa shape index (κ1) is 29.9. The molecule has 0 bridgehead atoms. The van der Waals surface area contributed by atoms with E-state index in [-0.39, 0.29) is 17.0 Å². The zero-order chi connectivity index (χ0) is 30.0. The standard InChI is InChI=1S/C19H21F2N7O10P2S2/c20-10-13-7(35-17(10)27-2-1-9(29)26-19(27)30)3-33-40(32,42)38-14-8(4-34-39(31,41)37-13)36-18(11(14)21)28-6-25-12-15(22)23-5-24-16(12)28/h1-2,5-8,10-11,13-14,17-18H,3-4H2,(H,31,41)(H,32,42)(H2,22,23,24)(H,26,29,30)/t7-,8-,10+,11+,13?,14?,17-,18-,39?,40?/m1/s1. The Labute approximate surface area is 243 Å². The number of aromatic nitrogens is 6. The van der Waals surface area contributed by atoms with Crippen LogP contribution in [0.2, 0.25) is 0 Å². The maximum atomic E-state index is 15.9. The first-order valence-corrected chi connectivity index (χ1v) is 17.2. The fraction of sp³-hybridized carbons (Fsp3) is 0.526. The highest BCUT2D eigenvalue weighted by Gasteiger charge is 2.53.